The minimum atomic E-state index is 0.486. The first-order valence-electron chi connectivity index (χ1n) is 6.21. The fourth-order valence-electron chi connectivity index (χ4n) is 2.16. The zero-order chi connectivity index (χ0) is 11.1. The van der Waals surface area contributed by atoms with Crippen LogP contribution >= 0.6 is 0 Å². The van der Waals surface area contributed by atoms with E-state index in [1.807, 2.05) is 7.11 Å². The SMILES string of the molecule is CCN(C)CCNC1CCCC(OC)C1. The summed E-state index contributed by atoms with van der Waals surface area (Å²) in [6, 6.07) is 0.675. The highest BCUT2D eigenvalue weighted by atomic mass is 16.5. The van der Waals surface area contributed by atoms with E-state index in [1.165, 1.54) is 25.7 Å². The largest absolute Gasteiger partial charge is 0.381 e. The molecule has 1 saturated carbocycles. The summed E-state index contributed by atoms with van der Waals surface area (Å²) in [5, 5.41) is 3.63. The molecule has 0 bridgehead atoms. The lowest BCUT2D eigenvalue weighted by molar-refractivity contribution is 0.0586. The molecule has 0 aromatic carbocycles. The Kier molecular flexibility index (Phi) is 6.22. The number of nitrogens with one attached hydrogen (secondary N) is 1. The molecular formula is C12H26N2O. The Labute approximate surface area is 94.2 Å². The standard InChI is InChI=1S/C12H26N2O/c1-4-14(2)9-8-13-11-6-5-7-12(10-11)15-3/h11-13H,4-10H2,1-3H3. The van der Waals surface area contributed by atoms with Gasteiger partial charge in [0.05, 0.1) is 6.10 Å². The van der Waals surface area contributed by atoms with Gasteiger partial charge in [-0.15, -0.1) is 0 Å². The maximum Gasteiger partial charge on any atom is 0.0586 e. The van der Waals surface area contributed by atoms with Gasteiger partial charge in [0.1, 0.15) is 0 Å². The number of hydrogen-bond donors (Lipinski definition) is 1. The smallest absolute Gasteiger partial charge is 0.0586 e. The molecule has 1 aliphatic carbocycles. The average molecular weight is 214 g/mol. The molecule has 1 aliphatic rings. The lowest BCUT2D eigenvalue weighted by Crippen LogP contribution is -2.40. The minimum Gasteiger partial charge on any atom is -0.381 e. The highest BCUT2D eigenvalue weighted by Crippen LogP contribution is 2.20. The van der Waals surface area contributed by atoms with Crippen molar-refractivity contribution >= 4 is 0 Å². The molecule has 0 spiro atoms. The second kappa shape index (κ2) is 7.20. The van der Waals surface area contributed by atoms with Gasteiger partial charge in [-0.05, 0) is 39.3 Å². The van der Waals surface area contributed by atoms with Crippen molar-refractivity contribution < 1.29 is 4.74 Å². The van der Waals surface area contributed by atoms with E-state index >= 15 is 0 Å². The Morgan fingerprint density at radius 1 is 1.40 bits per heavy atom. The van der Waals surface area contributed by atoms with E-state index in [1.54, 1.807) is 0 Å². The summed E-state index contributed by atoms with van der Waals surface area (Å²) >= 11 is 0. The van der Waals surface area contributed by atoms with Gasteiger partial charge in [0.2, 0.25) is 0 Å². The molecule has 3 nitrogen and oxygen atoms in total. The summed E-state index contributed by atoms with van der Waals surface area (Å²) in [5.74, 6) is 0. The molecule has 1 N–H and O–H groups in total. The summed E-state index contributed by atoms with van der Waals surface area (Å²) < 4.78 is 5.42. The van der Waals surface area contributed by atoms with Crippen molar-refractivity contribution in [3.8, 4) is 0 Å². The van der Waals surface area contributed by atoms with Crippen molar-refractivity contribution in [1.29, 1.82) is 0 Å². The van der Waals surface area contributed by atoms with Crippen LogP contribution in [-0.2, 0) is 4.74 Å². The molecule has 0 aromatic rings. The summed E-state index contributed by atoms with van der Waals surface area (Å²) in [5.41, 5.74) is 0. The molecule has 90 valence electrons. The number of nitrogens with zero attached hydrogens (tertiary/aromatic N) is 1. The Bertz CT molecular complexity index is 164. The van der Waals surface area contributed by atoms with E-state index in [9.17, 15) is 0 Å². The molecular weight excluding hydrogens is 188 g/mol. The van der Waals surface area contributed by atoms with E-state index in [4.69, 9.17) is 4.74 Å². The first kappa shape index (κ1) is 12.9. The molecule has 15 heavy (non-hydrogen) atoms. The third-order valence-corrected chi connectivity index (χ3v) is 3.43. The van der Waals surface area contributed by atoms with Crippen LogP contribution < -0.4 is 5.32 Å². The van der Waals surface area contributed by atoms with E-state index in [-0.39, 0.29) is 0 Å². The van der Waals surface area contributed by atoms with Crippen molar-refractivity contribution in [2.24, 2.45) is 0 Å². The van der Waals surface area contributed by atoms with Gasteiger partial charge in [-0.3, -0.25) is 0 Å². The molecule has 0 heterocycles. The molecule has 3 heteroatoms. The number of ether oxygens (including phenoxy) is 1. The van der Waals surface area contributed by atoms with Gasteiger partial charge in [-0.2, -0.15) is 0 Å². The monoisotopic (exact) mass is 214 g/mol. The predicted octanol–water partition coefficient (Wildman–Crippen LogP) is 1.49. The van der Waals surface area contributed by atoms with E-state index in [0.29, 0.717) is 12.1 Å². The Hall–Kier alpha value is -0.120. The summed E-state index contributed by atoms with van der Waals surface area (Å²) in [6.45, 7) is 5.57. The zero-order valence-corrected chi connectivity index (χ0v) is 10.5. The number of rotatable bonds is 6. The van der Waals surface area contributed by atoms with Crippen molar-refractivity contribution in [3.05, 3.63) is 0 Å². The molecule has 0 aromatic heterocycles. The maximum absolute atomic E-state index is 5.42. The first-order valence-corrected chi connectivity index (χ1v) is 6.21. The second-order valence-corrected chi connectivity index (χ2v) is 4.57. The van der Waals surface area contributed by atoms with Crippen LogP contribution in [0.4, 0.5) is 0 Å². The Morgan fingerprint density at radius 3 is 2.87 bits per heavy atom. The molecule has 1 rings (SSSR count). The van der Waals surface area contributed by atoms with Crippen LogP contribution in [0.1, 0.15) is 32.6 Å². The quantitative estimate of drug-likeness (QED) is 0.725. The molecule has 0 amide bonds. The van der Waals surface area contributed by atoms with Gasteiger partial charge in [0.15, 0.2) is 0 Å². The summed E-state index contributed by atoms with van der Waals surface area (Å²) in [7, 11) is 4.00. The lowest BCUT2D eigenvalue weighted by atomic mass is 9.93. The topological polar surface area (TPSA) is 24.5 Å². The van der Waals surface area contributed by atoms with Crippen LogP contribution in [0.15, 0.2) is 0 Å². The highest BCUT2D eigenvalue weighted by molar-refractivity contribution is 4.78. The molecule has 0 radical (unpaired) electrons. The van der Waals surface area contributed by atoms with E-state index in [0.717, 1.165) is 19.6 Å². The van der Waals surface area contributed by atoms with E-state index < -0.39 is 0 Å². The van der Waals surface area contributed by atoms with Gasteiger partial charge in [0.25, 0.3) is 0 Å². The van der Waals surface area contributed by atoms with Crippen molar-refractivity contribution in [2.45, 2.75) is 44.8 Å². The summed E-state index contributed by atoms with van der Waals surface area (Å²) in [4.78, 5) is 2.34. The number of hydrogen-bond acceptors (Lipinski definition) is 3. The number of methoxy groups -OCH3 is 1. The fourth-order valence-corrected chi connectivity index (χ4v) is 2.16. The van der Waals surface area contributed by atoms with Crippen molar-refractivity contribution in [1.82, 2.24) is 10.2 Å². The lowest BCUT2D eigenvalue weighted by Gasteiger charge is -2.29. The number of likely N-dealkylation sites (N-methyl/N-ethyl adjacent to an activating group) is 1. The van der Waals surface area contributed by atoms with Crippen LogP contribution in [0.5, 0.6) is 0 Å². The van der Waals surface area contributed by atoms with Gasteiger partial charge >= 0.3 is 0 Å². The van der Waals surface area contributed by atoms with Crippen molar-refractivity contribution in [3.63, 3.8) is 0 Å². The molecule has 0 saturated heterocycles. The normalized spacial score (nSPS) is 27.2. The van der Waals surface area contributed by atoms with Crippen LogP contribution in [0.2, 0.25) is 0 Å². The van der Waals surface area contributed by atoms with Crippen molar-refractivity contribution in [2.75, 3.05) is 33.8 Å². The van der Waals surface area contributed by atoms with Crippen LogP contribution in [0.25, 0.3) is 0 Å². The average Bonchev–Trinajstić information content (AvgIpc) is 2.29. The highest BCUT2D eigenvalue weighted by Gasteiger charge is 2.20. The fraction of sp³-hybridized carbons (Fsp3) is 1.00. The summed E-state index contributed by atoms with van der Waals surface area (Å²) in [6.07, 6.45) is 5.53. The van der Waals surface area contributed by atoms with Gasteiger partial charge in [0, 0.05) is 26.2 Å². The Balaban J connectivity index is 2.10. The molecule has 0 aliphatic heterocycles. The Morgan fingerprint density at radius 2 is 2.20 bits per heavy atom. The van der Waals surface area contributed by atoms with Gasteiger partial charge < -0.3 is 15.0 Å². The predicted molar refractivity (Wildman–Crippen MR) is 64.2 cm³/mol. The van der Waals surface area contributed by atoms with Crippen LogP contribution in [0.3, 0.4) is 0 Å². The molecule has 2 unspecified atom stereocenters. The molecule has 1 fully saturated rings. The van der Waals surface area contributed by atoms with Gasteiger partial charge in [-0.25, -0.2) is 0 Å². The first-order chi connectivity index (χ1) is 7.26. The van der Waals surface area contributed by atoms with Crippen LogP contribution in [-0.4, -0.2) is 50.8 Å². The minimum absolute atomic E-state index is 0.486. The third kappa shape index (κ3) is 4.96. The zero-order valence-electron chi connectivity index (χ0n) is 10.5. The third-order valence-electron chi connectivity index (χ3n) is 3.43. The maximum atomic E-state index is 5.42. The van der Waals surface area contributed by atoms with Gasteiger partial charge in [-0.1, -0.05) is 6.92 Å². The van der Waals surface area contributed by atoms with E-state index in [2.05, 4.69) is 24.2 Å². The van der Waals surface area contributed by atoms with Crippen LogP contribution in [0, 0.1) is 0 Å². The second-order valence-electron chi connectivity index (χ2n) is 4.57. The molecule has 2 atom stereocenters.